The number of hydrogen-bond donors (Lipinski definition) is 2. The van der Waals surface area contributed by atoms with Gasteiger partial charge in [-0.25, -0.2) is 0 Å². The molecule has 2 amide bonds. The molecule has 0 unspecified atom stereocenters. The molecule has 2 N–H and O–H groups in total. The second-order valence-corrected chi connectivity index (χ2v) is 4.43. The SMILES string of the molecule is O=C(Nc1ccncc1)c1nnc(C(=O)Nc2ccncc2)nn1. The summed E-state index contributed by atoms with van der Waals surface area (Å²) in [5, 5.41) is 19.6. The van der Waals surface area contributed by atoms with E-state index < -0.39 is 11.8 Å². The number of pyridine rings is 2. The van der Waals surface area contributed by atoms with Gasteiger partial charge in [0, 0.05) is 36.2 Å². The van der Waals surface area contributed by atoms with Gasteiger partial charge in [0.15, 0.2) is 0 Å². The predicted octanol–water partition coefficient (Wildman–Crippen LogP) is 0.561. The van der Waals surface area contributed by atoms with E-state index in [4.69, 9.17) is 0 Å². The van der Waals surface area contributed by atoms with Gasteiger partial charge in [-0.15, -0.1) is 20.4 Å². The van der Waals surface area contributed by atoms with Crippen LogP contribution in [0.3, 0.4) is 0 Å². The summed E-state index contributed by atoms with van der Waals surface area (Å²) in [5.74, 6) is -1.70. The Morgan fingerprint density at radius 2 is 0.958 bits per heavy atom. The Labute approximate surface area is 135 Å². The highest BCUT2D eigenvalue weighted by molar-refractivity contribution is 6.02. The van der Waals surface area contributed by atoms with Crippen LogP contribution in [0.15, 0.2) is 49.1 Å². The minimum absolute atomic E-state index is 0.257. The molecular formula is C14H10N8O2. The third-order valence-electron chi connectivity index (χ3n) is 2.76. The van der Waals surface area contributed by atoms with E-state index in [2.05, 4.69) is 41.0 Å². The molecule has 0 aromatic carbocycles. The second kappa shape index (κ2) is 6.96. The summed E-state index contributed by atoms with van der Waals surface area (Å²) in [6, 6.07) is 6.43. The topological polar surface area (TPSA) is 136 Å². The zero-order valence-corrected chi connectivity index (χ0v) is 12.1. The van der Waals surface area contributed by atoms with Crippen molar-refractivity contribution in [2.45, 2.75) is 0 Å². The molecule has 0 spiro atoms. The molecule has 0 aliphatic carbocycles. The Morgan fingerprint density at radius 1 is 0.625 bits per heavy atom. The Bertz CT molecular complexity index is 767. The number of carbonyl (C=O) groups excluding carboxylic acids is 2. The molecule has 10 nitrogen and oxygen atoms in total. The van der Waals surface area contributed by atoms with Gasteiger partial charge in [0.1, 0.15) is 0 Å². The number of nitrogens with one attached hydrogen (secondary N) is 2. The molecule has 0 bridgehead atoms. The third kappa shape index (κ3) is 3.68. The maximum Gasteiger partial charge on any atom is 0.297 e. The van der Waals surface area contributed by atoms with Crippen LogP contribution in [-0.2, 0) is 0 Å². The molecule has 118 valence electrons. The van der Waals surface area contributed by atoms with E-state index in [1.54, 1.807) is 24.3 Å². The minimum atomic E-state index is -0.595. The number of hydrogen-bond acceptors (Lipinski definition) is 8. The zero-order chi connectivity index (χ0) is 16.8. The molecule has 3 aromatic heterocycles. The van der Waals surface area contributed by atoms with Gasteiger partial charge in [-0.05, 0) is 24.3 Å². The Morgan fingerprint density at radius 3 is 1.29 bits per heavy atom. The first-order valence-corrected chi connectivity index (χ1v) is 6.72. The lowest BCUT2D eigenvalue weighted by atomic mass is 10.4. The average molecular weight is 322 g/mol. The van der Waals surface area contributed by atoms with Crippen molar-refractivity contribution >= 4 is 23.2 Å². The van der Waals surface area contributed by atoms with E-state index in [1.807, 2.05) is 0 Å². The van der Waals surface area contributed by atoms with Crippen molar-refractivity contribution < 1.29 is 9.59 Å². The summed E-state index contributed by atoms with van der Waals surface area (Å²) < 4.78 is 0. The number of nitrogens with zero attached hydrogens (tertiary/aromatic N) is 6. The number of carbonyl (C=O) groups is 2. The lowest BCUT2D eigenvalue weighted by Gasteiger charge is -2.04. The third-order valence-corrected chi connectivity index (χ3v) is 2.76. The number of amides is 2. The monoisotopic (exact) mass is 322 g/mol. The lowest BCUT2D eigenvalue weighted by Crippen LogP contribution is -2.22. The highest BCUT2D eigenvalue weighted by Crippen LogP contribution is 2.06. The van der Waals surface area contributed by atoms with Gasteiger partial charge < -0.3 is 10.6 Å². The van der Waals surface area contributed by atoms with Crippen LogP contribution in [0.1, 0.15) is 21.2 Å². The van der Waals surface area contributed by atoms with Gasteiger partial charge in [-0.1, -0.05) is 0 Å². The normalized spacial score (nSPS) is 10.0. The van der Waals surface area contributed by atoms with Crippen LogP contribution in [0.25, 0.3) is 0 Å². The smallest absolute Gasteiger partial charge is 0.297 e. The molecule has 3 heterocycles. The molecule has 0 radical (unpaired) electrons. The molecule has 0 aliphatic heterocycles. The number of aromatic nitrogens is 6. The molecule has 3 rings (SSSR count). The molecule has 24 heavy (non-hydrogen) atoms. The fraction of sp³-hybridized carbons (Fsp3) is 0. The number of rotatable bonds is 4. The van der Waals surface area contributed by atoms with Crippen LogP contribution < -0.4 is 10.6 Å². The van der Waals surface area contributed by atoms with E-state index in [0.29, 0.717) is 11.4 Å². The van der Waals surface area contributed by atoms with Crippen LogP contribution in [0.5, 0.6) is 0 Å². The van der Waals surface area contributed by atoms with Crippen LogP contribution >= 0.6 is 0 Å². The van der Waals surface area contributed by atoms with Crippen molar-refractivity contribution in [3.8, 4) is 0 Å². The van der Waals surface area contributed by atoms with Gasteiger partial charge in [0.25, 0.3) is 23.5 Å². The highest BCUT2D eigenvalue weighted by Gasteiger charge is 2.15. The summed E-state index contributed by atoms with van der Waals surface area (Å²) in [6.45, 7) is 0. The summed E-state index contributed by atoms with van der Waals surface area (Å²) in [6.07, 6.45) is 6.11. The summed E-state index contributed by atoms with van der Waals surface area (Å²) >= 11 is 0. The van der Waals surface area contributed by atoms with E-state index in [0.717, 1.165) is 0 Å². The Balaban J connectivity index is 1.66. The summed E-state index contributed by atoms with van der Waals surface area (Å²) in [5.41, 5.74) is 1.05. The largest absolute Gasteiger partial charge is 0.319 e. The maximum atomic E-state index is 11.9. The van der Waals surface area contributed by atoms with Crippen molar-refractivity contribution in [1.29, 1.82) is 0 Å². The van der Waals surface area contributed by atoms with E-state index in [1.165, 1.54) is 24.8 Å². The second-order valence-electron chi connectivity index (χ2n) is 4.43. The summed E-state index contributed by atoms with van der Waals surface area (Å²) in [7, 11) is 0. The Kier molecular flexibility index (Phi) is 4.38. The van der Waals surface area contributed by atoms with E-state index in [-0.39, 0.29) is 11.6 Å². The van der Waals surface area contributed by atoms with Gasteiger partial charge in [0.2, 0.25) is 0 Å². The lowest BCUT2D eigenvalue weighted by molar-refractivity contribution is 0.0991. The minimum Gasteiger partial charge on any atom is -0.319 e. The first-order chi connectivity index (χ1) is 11.7. The van der Waals surface area contributed by atoms with Gasteiger partial charge in [-0.3, -0.25) is 19.6 Å². The van der Waals surface area contributed by atoms with Crippen molar-refractivity contribution in [3.05, 3.63) is 60.7 Å². The fourth-order valence-corrected chi connectivity index (χ4v) is 1.66. The van der Waals surface area contributed by atoms with Crippen LogP contribution in [0.4, 0.5) is 11.4 Å². The van der Waals surface area contributed by atoms with Gasteiger partial charge >= 0.3 is 0 Å². The maximum absolute atomic E-state index is 11.9. The molecule has 0 saturated heterocycles. The highest BCUT2D eigenvalue weighted by atomic mass is 16.2. The fourth-order valence-electron chi connectivity index (χ4n) is 1.66. The predicted molar refractivity (Wildman–Crippen MR) is 82.0 cm³/mol. The molecule has 0 atom stereocenters. The average Bonchev–Trinajstić information content (AvgIpc) is 2.63. The summed E-state index contributed by atoms with van der Waals surface area (Å²) in [4.78, 5) is 31.6. The first kappa shape index (κ1) is 15.1. The van der Waals surface area contributed by atoms with Crippen molar-refractivity contribution in [3.63, 3.8) is 0 Å². The molecule has 0 saturated carbocycles. The first-order valence-electron chi connectivity index (χ1n) is 6.72. The van der Waals surface area contributed by atoms with Crippen LogP contribution in [-0.4, -0.2) is 42.2 Å². The van der Waals surface area contributed by atoms with Gasteiger partial charge in [-0.2, -0.15) is 0 Å². The number of anilines is 2. The Hall–Kier alpha value is -3.82. The van der Waals surface area contributed by atoms with E-state index in [9.17, 15) is 9.59 Å². The quantitative estimate of drug-likeness (QED) is 0.711. The van der Waals surface area contributed by atoms with Gasteiger partial charge in [0.05, 0.1) is 0 Å². The van der Waals surface area contributed by atoms with Crippen molar-refractivity contribution in [2.75, 3.05) is 10.6 Å². The van der Waals surface area contributed by atoms with Crippen molar-refractivity contribution in [1.82, 2.24) is 30.4 Å². The van der Waals surface area contributed by atoms with Crippen LogP contribution in [0, 0.1) is 0 Å². The van der Waals surface area contributed by atoms with Crippen LogP contribution in [0.2, 0.25) is 0 Å². The van der Waals surface area contributed by atoms with Crippen molar-refractivity contribution in [2.24, 2.45) is 0 Å². The molecular weight excluding hydrogens is 312 g/mol. The molecule has 3 aromatic rings. The standard InChI is InChI=1S/C14H10N8O2/c23-13(17-9-1-5-15-6-2-9)11-19-21-12(22-20-11)14(24)18-10-3-7-16-8-4-10/h1-8H,(H,15,17,23)(H,16,18,24). The molecule has 10 heteroatoms. The molecule has 0 aliphatic rings. The van der Waals surface area contributed by atoms with E-state index >= 15 is 0 Å². The zero-order valence-electron chi connectivity index (χ0n) is 12.1. The molecule has 0 fully saturated rings.